The van der Waals surface area contributed by atoms with E-state index in [0.717, 1.165) is 11.1 Å². The second kappa shape index (κ2) is 4.34. The van der Waals surface area contributed by atoms with E-state index in [-0.39, 0.29) is 12.2 Å². The lowest BCUT2D eigenvalue weighted by atomic mass is 10.1. The first kappa shape index (κ1) is 10.9. The zero-order chi connectivity index (χ0) is 10.7. The van der Waals surface area contributed by atoms with Gasteiger partial charge in [0.25, 0.3) is 0 Å². The van der Waals surface area contributed by atoms with Crippen LogP contribution in [-0.4, -0.2) is 12.2 Å². The molecule has 0 aliphatic rings. The van der Waals surface area contributed by atoms with Gasteiger partial charge in [-0.3, -0.25) is 0 Å². The predicted octanol–water partition coefficient (Wildman–Crippen LogP) is 2.54. The number of phenols is 1. The molecule has 0 aliphatic carbocycles. The van der Waals surface area contributed by atoms with Crippen molar-refractivity contribution in [2.45, 2.75) is 13.3 Å². The summed E-state index contributed by atoms with van der Waals surface area (Å²) < 4.78 is 5.51. The molecule has 0 spiro atoms. The van der Waals surface area contributed by atoms with Crippen LogP contribution in [0.15, 0.2) is 10.5 Å². The molecular weight excluding hydrogens is 246 g/mol. The fraction of sp³-hybridized carbons (Fsp3) is 0.300. The van der Waals surface area contributed by atoms with Crippen molar-refractivity contribution < 1.29 is 9.84 Å². The second-order valence-corrected chi connectivity index (χ2v) is 3.66. The van der Waals surface area contributed by atoms with E-state index in [9.17, 15) is 5.11 Å². The van der Waals surface area contributed by atoms with Crippen LogP contribution >= 0.6 is 15.9 Å². The summed E-state index contributed by atoms with van der Waals surface area (Å²) in [5.41, 5.74) is 1.72. The number of aromatic hydroxyl groups is 1. The minimum absolute atomic E-state index is 0.0448. The third-order valence-corrected chi connectivity index (χ3v) is 2.86. The van der Waals surface area contributed by atoms with Gasteiger partial charge in [-0.1, -0.05) is 0 Å². The van der Waals surface area contributed by atoms with Crippen molar-refractivity contribution in [1.29, 1.82) is 5.26 Å². The van der Waals surface area contributed by atoms with Crippen molar-refractivity contribution in [1.82, 2.24) is 0 Å². The number of hydrogen-bond donors (Lipinski definition) is 1. The fourth-order valence-corrected chi connectivity index (χ4v) is 1.88. The van der Waals surface area contributed by atoms with E-state index in [1.54, 1.807) is 6.07 Å². The highest BCUT2D eigenvalue weighted by atomic mass is 79.9. The number of ether oxygens (including phenoxy) is 1. The smallest absolute Gasteiger partial charge is 0.172 e. The van der Waals surface area contributed by atoms with Gasteiger partial charge in [0.1, 0.15) is 0 Å². The largest absolute Gasteiger partial charge is 0.503 e. The Balaban J connectivity index is 3.35. The lowest BCUT2D eigenvalue weighted by Crippen LogP contribution is -1.93. The highest BCUT2D eigenvalue weighted by Gasteiger charge is 2.13. The molecule has 0 radical (unpaired) electrons. The molecule has 0 saturated heterocycles. The van der Waals surface area contributed by atoms with Gasteiger partial charge in [0.15, 0.2) is 11.5 Å². The Bertz CT molecular complexity index is 396. The Morgan fingerprint density at radius 2 is 2.29 bits per heavy atom. The van der Waals surface area contributed by atoms with Crippen LogP contribution in [0.4, 0.5) is 0 Å². The molecule has 0 aromatic heterocycles. The summed E-state index contributed by atoms with van der Waals surface area (Å²) in [6.07, 6.45) is 0.268. The molecule has 0 aliphatic heterocycles. The number of phenolic OH excluding ortho intramolecular Hbond substituents is 1. The summed E-state index contributed by atoms with van der Waals surface area (Å²) in [5, 5.41) is 18.3. The fourth-order valence-electron chi connectivity index (χ4n) is 1.23. The molecule has 0 fully saturated rings. The van der Waals surface area contributed by atoms with Gasteiger partial charge in [0.05, 0.1) is 24.1 Å². The molecule has 1 aromatic rings. The number of halogens is 1. The number of benzene rings is 1. The van der Waals surface area contributed by atoms with Crippen LogP contribution in [0, 0.1) is 18.3 Å². The molecule has 74 valence electrons. The molecule has 0 atom stereocenters. The van der Waals surface area contributed by atoms with Crippen LogP contribution in [0.2, 0.25) is 0 Å². The molecule has 0 unspecified atom stereocenters. The highest BCUT2D eigenvalue weighted by molar-refractivity contribution is 9.10. The molecule has 3 nitrogen and oxygen atoms in total. The summed E-state index contributed by atoms with van der Waals surface area (Å²) in [6, 6.07) is 3.76. The summed E-state index contributed by atoms with van der Waals surface area (Å²) >= 11 is 3.24. The van der Waals surface area contributed by atoms with Crippen LogP contribution in [0.5, 0.6) is 11.5 Å². The highest BCUT2D eigenvalue weighted by Crippen LogP contribution is 2.38. The van der Waals surface area contributed by atoms with Crippen LogP contribution in [0.3, 0.4) is 0 Å². The van der Waals surface area contributed by atoms with E-state index in [1.165, 1.54) is 7.11 Å². The Kier molecular flexibility index (Phi) is 3.37. The Morgan fingerprint density at radius 1 is 1.64 bits per heavy atom. The van der Waals surface area contributed by atoms with Gasteiger partial charge in [-0.05, 0) is 40.0 Å². The Labute approximate surface area is 91.1 Å². The third kappa shape index (κ3) is 1.83. The first-order chi connectivity index (χ1) is 6.61. The molecular formula is C10H10BrNO2. The zero-order valence-electron chi connectivity index (χ0n) is 7.97. The summed E-state index contributed by atoms with van der Waals surface area (Å²) in [6.45, 7) is 1.87. The molecule has 1 rings (SSSR count). The minimum atomic E-state index is 0.0448. The van der Waals surface area contributed by atoms with Gasteiger partial charge in [-0.2, -0.15) is 5.26 Å². The summed E-state index contributed by atoms with van der Waals surface area (Å²) in [4.78, 5) is 0. The van der Waals surface area contributed by atoms with Gasteiger partial charge in [-0.25, -0.2) is 0 Å². The lowest BCUT2D eigenvalue weighted by molar-refractivity contribution is 0.371. The topological polar surface area (TPSA) is 53.2 Å². The van der Waals surface area contributed by atoms with E-state index < -0.39 is 0 Å². The number of rotatable bonds is 2. The Morgan fingerprint density at radius 3 is 2.79 bits per heavy atom. The van der Waals surface area contributed by atoms with E-state index in [1.807, 2.05) is 13.0 Å². The van der Waals surface area contributed by atoms with E-state index in [2.05, 4.69) is 15.9 Å². The van der Waals surface area contributed by atoms with Crippen LogP contribution in [0.25, 0.3) is 0 Å². The lowest BCUT2D eigenvalue weighted by Gasteiger charge is -2.11. The maximum Gasteiger partial charge on any atom is 0.172 e. The predicted molar refractivity (Wildman–Crippen MR) is 56.4 cm³/mol. The van der Waals surface area contributed by atoms with Crippen molar-refractivity contribution in [3.05, 3.63) is 21.7 Å². The van der Waals surface area contributed by atoms with Gasteiger partial charge in [0, 0.05) is 0 Å². The van der Waals surface area contributed by atoms with E-state index in [4.69, 9.17) is 10.00 Å². The van der Waals surface area contributed by atoms with Crippen LogP contribution in [-0.2, 0) is 6.42 Å². The van der Waals surface area contributed by atoms with Gasteiger partial charge < -0.3 is 9.84 Å². The minimum Gasteiger partial charge on any atom is -0.503 e. The standard InChI is InChI=1S/C10H10BrNO2/c1-6-5-8(14-2)10(13)9(11)7(6)3-4-12/h5,13H,3H2,1-2H3. The normalized spacial score (nSPS) is 9.57. The zero-order valence-corrected chi connectivity index (χ0v) is 9.55. The average Bonchev–Trinajstić information content (AvgIpc) is 2.18. The van der Waals surface area contributed by atoms with Crippen molar-refractivity contribution in [2.75, 3.05) is 7.11 Å². The Hall–Kier alpha value is -1.21. The number of methoxy groups -OCH3 is 1. The maximum absolute atomic E-state index is 9.65. The average molecular weight is 256 g/mol. The summed E-state index contributed by atoms with van der Waals surface area (Å²) in [5.74, 6) is 0.458. The quantitative estimate of drug-likeness (QED) is 0.884. The first-order valence-corrected chi connectivity index (χ1v) is 4.83. The number of aryl methyl sites for hydroxylation is 1. The molecule has 1 aromatic carbocycles. The number of nitriles is 1. The van der Waals surface area contributed by atoms with E-state index >= 15 is 0 Å². The second-order valence-electron chi connectivity index (χ2n) is 2.87. The SMILES string of the molecule is COc1cc(C)c(CC#N)c(Br)c1O. The molecule has 0 bridgehead atoms. The van der Waals surface area contributed by atoms with Crippen LogP contribution < -0.4 is 4.74 Å². The molecule has 14 heavy (non-hydrogen) atoms. The van der Waals surface area contributed by atoms with E-state index in [0.29, 0.717) is 10.2 Å². The molecule has 4 heteroatoms. The van der Waals surface area contributed by atoms with Gasteiger partial charge >= 0.3 is 0 Å². The molecule has 0 saturated carbocycles. The molecule has 0 heterocycles. The van der Waals surface area contributed by atoms with Gasteiger partial charge in [0.2, 0.25) is 0 Å². The molecule has 1 N–H and O–H groups in total. The van der Waals surface area contributed by atoms with Crippen molar-refractivity contribution in [2.24, 2.45) is 0 Å². The van der Waals surface area contributed by atoms with Crippen molar-refractivity contribution in [3.63, 3.8) is 0 Å². The number of hydrogen-bond acceptors (Lipinski definition) is 3. The molecule has 0 amide bonds. The van der Waals surface area contributed by atoms with Gasteiger partial charge in [-0.15, -0.1) is 0 Å². The van der Waals surface area contributed by atoms with Crippen molar-refractivity contribution in [3.8, 4) is 17.6 Å². The monoisotopic (exact) mass is 255 g/mol. The van der Waals surface area contributed by atoms with Crippen molar-refractivity contribution >= 4 is 15.9 Å². The summed E-state index contributed by atoms with van der Waals surface area (Å²) in [7, 11) is 1.49. The maximum atomic E-state index is 9.65. The first-order valence-electron chi connectivity index (χ1n) is 4.03. The number of nitrogens with zero attached hydrogens (tertiary/aromatic N) is 1. The van der Waals surface area contributed by atoms with Crippen LogP contribution in [0.1, 0.15) is 11.1 Å². The third-order valence-electron chi connectivity index (χ3n) is 2.01.